The molecule has 0 saturated carbocycles. The first-order valence-electron chi connectivity index (χ1n) is 11.1. The van der Waals surface area contributed by atoms with Crippen LogP contribution >= 0.6 is 27.7 Å². The highest BCUT2D eigenvalue weighted by atomic mass is 79.9. The van der Waals surface area contributed by atoms with Crippen LogP contribution in [0.2, 0.25) is 0 Å². The maximum atomic E-state index is 12.9. The summed E-state index contributed by atoms with van der Waals surface area (Å²) >= 11 is 4.48. The van der Waals surface area contributed by atoms with Crippen LogP contribution in [-0.2, 0) is 14.9 Å². The number of carbonyl (C=O) groups excluding carboxylic acids is 1. The van der Waals surface area contributed by atoms with E-state index in [9.17, 15) is 23.3 Å². The Bertz CT molecular complexity index is 1590. The summed E-state index contributed by atoms with van der Waals surface area (Å²) < 4.78 is 37.0. The third-order valence-electron chi connectivity index (χ3n) is 5.06. The predicted molar refractivity (Wildman–Crippen MR) is 148 cm³/mol. The van der Waals surface area contributed by atoms with Crippen LogP contribution in [0.25, 0.3) is 6.08 Å². The Labute approximate surface area is 231 Å². The van der Waals surface area contributed by atoms with Gasteiger partial charge in [0.15, 0.2) is 16.7 Å². The molecule has 0 bridgehead atoms. The first-order chi connectivity index (χ1) is 18.1. The van der Waals surface area contributed by atoms with Crippen molar-refractivity contribution >= 4 is 66.3 Å². The van der Waals surface area contributed by atoms with Crippen molar-refractivity contribution in [2.45, 2.75) is 18.7 Å². The van der Waals surface area contributed by atoms with E-state index < -0.39 is 20.7 Å². The van der Waals surface area contributed by atoms with Crippen LogP contribution in [0.5, 0.6) is 11.5 Å². The van der Waals surface area contributed by atoms with Crippen LogP contribution in [0.15, 0.2) is 79.9 Å². The Kier molecular flexibility index (Phi) is 8.19. The molecule has 196 valence electrons. The van der Waals surface area contributed by atoms with Crippen LogP contribution in [0, 0.1) is 17.0 Å². The lowest BCUT2D eigenvalue weighted by Gasteiger charge is -2.14. The van der Waals surface area contributed by atoms with Gasteiger partial charge in [-0.3, -0.25) is 14.9 Å². The molecule has 1 heterocycles. The van der Waals surface area contributed by atoms with Gasteiger partial charge in [0.05, 0.1) is 26.6 Å². The molecule has 3 aromatic carbocycles. The van der Waals surface area contributed by atoms with Crippen molar-refractivity contribution in [1.29, 1.82) is 0 Å². The van der Waals surface area contributed by atoms with Crippen LogP contribution in [0.4, 0.5) is 11.4 Å². The highest BCUT2D eigenvalue weighted by molar-refractivity contribution is 9.10. The van der Waals surface area contributed by atoms with Crippen molar-refractivity contribution in [2.24, 2.45) is 4.99 Å². The fraction of sp³-hybridized carbons (Fsp3) is 0.120. The quantitative estimate of drug-likeness (QED) is 0.146. The first kappa shape index (κ1) is 27.4. The van der Waals surface area contributed by atoms with E-state index in [1.54, 1.807) is 19.1 Å². The Morgan fingerprint density at radius 2 is 1.89 bits per heavy atom. The summed E-state index contributed by atoms with van der Waals surface area (Å²) in [5.74, 6) is -0.367. The number of aryl methyl sites for hydroxylation is 1. The zero-order chi connectivity index (χ0) is 27.4. The van der Waals surface area contributed by atoms with E-state index in [0.717, 1.165) is 11.6 Å². The molecule has 0 radical (unpaired) electrons. The van der Waals surface area contributed by atoms with E-state index in [-0.39, 0.29) is 33.4 Å². The number of ether oxygens (including phenoxy) is 1. The average Bonchev–Trinajstić information content (AvgIpc) is 3.21. The van der Waals surface area contributed by atoms with Crippen molar-refractivity contribution in [3.63, 3.8) is 0 Å². The number of carbonyl (C=O) groups is 1. The predicted octanol–water partition coefficient (Wildman–Crippen LogP) is 5.72. The molecule has 1 aliphatic rings. The minimum Gasteiger partial charge on any atom is -0.490 e. The number of amides is 1. The summed E-state index contributed by atoms with van der Waals surface area (Å²) in [7, 11) is -4.43. The zero-order valence-corrected chi connectivity index (χ0v) is 23.2. The highest BCUT2D eigenvalue weighted by Gasteiger charge is 2.26. The molecule has 1 aliphatic heterocycles. The van der Waals surface area contributed by atoms with E-state index in [1.165, 1.54) is 36.0 Å². The largest absolute Gasteiger partial charge is 0.490 e. The Balaban J connectivity index is 1.63. The van der Waals surface area contributed by atoms with E-state index in [4.69, 9.17) is 8.92 Å². The Morgan fingerprint density at radius 3 is 2.58 bits per heavy atom. The van der Waals surface area contributed by atoms with Gasteiger partial charge in [-0.05, 0) is 83.5 Å². The van der Waals surface area contributed by atoms with Gasteiger partial charge in [-0.1, -0.05) is 23.8 Å². The summed E-state index contributed by atoms with van der Waals surface area (Å²) in [6, 6.07) is 15.2. The zero-order valence-electron chi connectivity index (χ0n) is 20.0. The van der Waals surface area contributed by atoms with Crippen molar-refractivity contribution in [2.75, 3.05) is 6.61 Å². The van der Waals surface area contributed by atoms with E-state index in [1.807, 2.05) is 31.2 Å². The number of benzene rings is 3. The summed E-state index contributed by atoms with van der Waals surface area (Å²) in [5, 5.41) is 14.2. The van der Waals surface area contributed by atoms with Gasteiger partial charge in [0.1, 0.15) is 4.90 Å². The maximum Gasteiger partial charge on any atom is 0.339 e. The molecule has 0 atom stereocenters. The molecule has 0 aromatic heterocycles. The molecule has 13 heteroatoms. The summed E-state index contributed by atoms with van der Waals surface area (Å²) in [5.41, 5.74) is 1.94. The molecular formula is C25H20BrN3O7S2. The minimum absolute atomic E-state index is 0.0969. The Hall–Kier alpha value is -3.68. The number of hydrogen-bond donors (Lipinski definition) is 1. The molecule has 1 N–H and O–H groups in total. The number of nitro groups is 1. The van der Waals surface area contributed by atoms with Crippen LogP contribution in [0.1, 0.15) is 18.1 Å². The molecule has 1 fully saturated rings. The van der Waals surface area contributed by atoms with Crippen molar-refractivity contribution in [3.05, 3.63) is 91.3 Å². The van der Waals surface area contributed by atoms with Gasteiger partial charge in [0.2, 0.25) is 0 Å². The third kappa shape index (κ3) is 6.41. The number of halogens is 1. The normalized spacial score (nSPS) is 15.5. The number of rotatable bonds is 8. The number of non-ortho nitro benzene ring substituents is 1. The van der Waals surface area contributed by atoms with Gasteiger partial charge in [0.25, 0.3) is 11.6 Å². The monoisotopic (exact) mass is 617 g/mol. The number of aliphatic imine (C=N–C) groups is 1. The fourth-order valence-electron chi connectivity index (χ4n) is 3.29. The molecule has 10 nitrogen and oxygen atoms in total. The maximum absolute atomic E-state index is 12.9. The van der Waals surface area contributed by atoms with Gasteiger partial charge in [-0.25, -0.2) is 4.99 Å². The fourth-order valence-corrected chi connectivity index (χ4v) is 5.78. The van der Waals surface area contributed by atoms with E-state index in [0.29, 0.717) is 21.3 Å². The van der Waals surface area contributed by atoms with Crippen molar-refractivity contribution < 1.29 is 27.1 Å². The molecule has 0 spiro atoms. The van der Waals surface area contributed by atoms with Gasteiger partial charge in [-0.2, -0.15) is 8.42 Å². The minimum atomic E-state index is -4.43. The average molecular weight is 618 g/mol. The summed E-state index contributed by atoms with van der Waals surface area (Å²) in [6.07, 6.45) is 1.61. The molecule has 3 aromatic rings. The van der Waals surface area contributed by atoms with Gasteiger partial charge < -0.3 is 14.2 Å². The van der Waals surface area contributed by atoms with Crippen LogP contribution in [-0.4, -0.2) is 31.0 Å². The molecular weight excluding hydrogens is 598 g/mol. The number of amidine groups is 1. The molecule has 1 amide bonds. The van der Waals surface area contributed by atoms with Gasteiger partial charge >= 0.3 is 10.1 Å². The smallest absolute Gasteiger partial charge is 0.339 e. The van der Waals surface area contributed by atoms with Gasteiger partial charge in [0, 0.05) is 12.1 Å². The molecule has 4 rings (SSSR count). The summed E-state index contributed by atoms with van der Waals surface area (Å²) in [6.45, 7) is 3.88. The topological polar surface area (TPSA) is 137 Å². The Morgan fingerprint density at radius 1 is 1.16 bits per heavy atom. The molecule has 0 aliphatic carbocycles. The van der Waals surface area contributed by atoms with Crippen molar-refractivity contribution in [3.8, 4) is 11.5 Å². The number of nitrogens with zero attached hydrogens (tertiary/aromatic N) is 2. The highest BCUT2D eigenvalue weighted by Crippen LogP contribution is 2.40. The van der Waals surface area contributed by atoms with Crippen molar-refractivity contribution in [1.82, 2.24) is 5.32 Å². The number of nitro benzene ring substituents is 1. The van der Waals surface area contributed by atoms with Crippen LogP contribution in [0.3, 0.4) is 0 Å². The van der Waals surface area contributed by atoms with Crippen LogP contribution < -0.4 is 14.2 Å². The van der Waals surface area contributed by atoms with E-state index >= 15 is 0 Å². The lowest BCUT2D eigenvalue weighted by Crippen LogP contribution is -2.19. The number of hydrogen-bond acceptors (Lipinski definition) is 9. The standard InChI is InChI=1S/C25H20BrN3O7S2/c1-3-35-21-12-16(13-22-24(30)28-25(37-22)27-17-9-7-15(2)8-10-17)11-20(26)23(21)36-38(33,34)19-6-4-5-18(14-19)29(31)32/h4-14H,3H2,1-2H3,(H,27,28,30)/b22-13-. The second kappa shape index (κ2) is 11.4. The molecule has 38 heavy (non-hydrogen) atoms. The third-order valence-corrected chi connectivity index (χ3v) is 7.77. The van der Waals surface area contributed by atoms with Gasteiger partial charge in [-0.15, -0.1) is 0 Å². The van der Waals surface area contributed by atoms with E-state index in [2.05, 4.69) is 26.2 Å². The number of nitrogens with one attached hydrogen (secondary N) is 1. The molecule has 0 unspecified atom stereocenters. The molecule has 1 saturated heterocycles. The SMILES string of the molecule is CCOc1cc(/C=C2\SC(=Nc3ccc(C)cc3)NC2=O)cc(Br)c1OS(=O)(=O)c1cccc([N+](=O)[O-])c1. The second-order valence-electron chi connectivity index (χ2n) is 7.87. The first-order valence-corrected chi connectivity index (χ1v) is 14.1. The summed E-state index contributed by atoms with van der Waals surface area (Å²) in [4.78, 5) is 27.3. The lowest BCUT2D eigenvalue weighted by molar-refractivity contribution is -0.385. The number of thioether (sulfide) groups is 1. The lowest BCUT2D eigenvalue weighted by atomic mass is 10.2. The second-order valence-corrected chi connectivity index (χ2v) is 11.3.